The largest absolute Gasteiger partial charge is 0.383 e. The van der Waals surface area contributed by atoms with Crippen LogP contribution in [-0.2, 0) is 11.2 Å². The highest BCUT2D eigenvalue weighted by molar-refractivity contribution is 5.96. The highest BCUT2D eigenvalue weighted by Gasteiger charge is 2.11. The van der Waals surface area contributed by atoms with Crippen LogP contribution in [0.1, 0.15) is 35.7 Å². The highest BCUT2D eigenvalue weighted by Crippen LogP contribution is 2.19. The molecule has 0 saturated carbocycles. The van der Waals surface area contributed by atoms with Crippen LogP contribution in [0.25, 0.3) is 11.4 Å². The van der Waals surface area contributed by atoms with E-state index >= 15 is 0 Å². The third kappa shape index (κ3) is 4.82. The van der Waals surface area contributed by atoms with E-state index in [1.165, 1.54) is 4.90 Å². The van der Waals surface area contributed by atoms with Crippen LogP contribution in [0, 0.1) is 0 Å². The summed E-state index contributed by atoms with van der Waals surface area (Å²) in [4.78, 5) is 38.5. The van der Waals surface area contributed by atoms with Gasteiger partial charge in [-0.2, -0.15) is 0 Å². The lowest BCUT2D eigenvalue weighted by Crippen LogP contribution is -2.25. The number of carbonyl (C=O) groups is 2. The molecule has 2 heterocycles. The quantitative estimate of drug-likeness (QED) is 0.622. The van der Waals surface area contributed by atoms with Crippen molar-refractivity contribution in [1.29, 1.82) is 0 Å². The van der Waals surface area contributed by atoms with Crippen LogP contribution < -0.4 is 10.6 Å². The molecule has 0 saturated heterocycles. The first-order chi connectivity index (χ1) is 14.0. The Bertz CT molecular complexity index is 1000. The Hall–Kier alpha value is -3.61. The van der Waals surface area contributed by atoms with E-state index in [2.05, 4.69) is 15.0 Å². The molecule has 0 aliphatic heterocycles. The number of aryl methyl sites for hydroxylation is 1. The Balaban J connectivity index is 1.66. The van der Waals surface area contributed by atoms with Crippen LogP contribution in [0.4, 0.5) is 11.5 Å². The molecule has 0 radical (unpaired) electrons. The molecule has 2 aromatic heterocycles. The SMILES string of the molecule is CCC(=O)N(C)c1cnc(-c2ccc(C(=O)CCc3cccnc3N)cc2)nc1. The molecule has 1 amide bonds. The fourth-order valence-electron chi connectivity index (χ4n) is 2.88. The van der Waals surface area contributed by atoms with E-state index in [4.69, 9.17) is 5.73 Å². The molecule has 2 N–H and O–H groups in total. The highest BCUT2D eigenvalue weighted by atomic mass is 16.2. The summed E-state index contributed by atoms with van der Waals surface area (Å²) in [5, 5.41) is 0. The maximum absolute atomic E-state index is 12.5. The van der Waals surface area contributed by atoms with Crippen LogP contribution in [0.5, 0.6) is 0 Å². The van der Waals surface area contributed by atoms with Crippen molar-refractivity contribution < 1.29 is 9.59 Å². The molecule has 0 bridgehead atoms. The number of ketones is 1. The smallest absolute Gasteiger partial charge is 0.226 e. The molecule has 29 heavy (non-hydrogen) atoms. The second kappa shape index (κ2) is 9.05. The van der Waals surface area contributed by atoms with Gasteiger partial charge in [0.25, 0.3) is 0 Å². The van der Waals surface area contributed by atoms with E-state index in [1.807, 2.05) is 31.2 Å². The lowest BCUT2D eigenvalue weighted by atomic mass is 10.0. The summed E-state index contributed by atoms with van der Waals surface area (Å²) in [6.45, 7) is 1.81. The number of amides is 1. The van der Waals surface area contributed by atoms with Crippen molar-refractivity contribution in [1.82, 2.24) is 15.0 Å². The van der Waals surface area contributed by atoms with Gasteiger partial charge in [0.05, 0.1) is 18.1 Å². The third-order valence-electron chi connectivity index (χ3n) is 4.71. The number of aromatic nitrogens is 3. The van der Waals surface area contributed by atoms with Gasteiger partial charge >= 0.3 is 0 Å². The van der Waals surface area contributed by atoms with Gasteiger partial charge in [0.1, 0.15) is 5.82 Å². The van der Waals surface area contributed by atoms with Crippen LogP contribution in [-0.4, -0.2) is 33.7 Å². The standard InChI is InChI=1S/C22H23N5O2/c1-3-20(29)27(2)18-13-25-22(26-14-18)17-8-6-15(7-9-17)19(28)11-10-16-5-4-12-24-21(16)23/h4-9,12-14H,3,10-11H2,1-2H3,(H2,23,24). The number of pyridine rings is 1. The average molecular weight is 389 g/mol. The number of nitrogens with zero attached hydrogens (tertiary/aromatic N) is 4. The van der Waals surface area contributed by atoms with E-state index in [9.17, 15) is 9.59 Å². The number of hydrogen-bond donors (Lipinski definition) is 1. The molecule has 0 spiro atoms. The maximum atomic E-state index is 12.5. The first-order valence-corrected chi connectivity index (χ1v) is 9.41. The van der Waals surface area contributed by atoms with Crippen molar-refractivity contribution >= 4 is 23.2 Å². The molecule has 0 aliphatic rings. The number of rotatable bonds is 7. The van der Waals surface area contributed by atoms with Crippen molar-refractivity contribution in [2.45, 2.75) is 26.2 Å². The van der Waals surface area contributed by atoms with Crippen LogP contribution in [0.3, 0.4) is 0 Å². The number of Topliss-reactive ketones (excluding diaryl/α,β-unsaturated/α-hetero) is 1. The summed E-state index contributed by atoms with van der Waals surface area (Å²) < 4.78 is 0. The van der Waals surface area contributed by atoms with E-state index < -0.39 is 0 Å². The van der Waals surface area contributed by atoms with Gasteiger partial charge in [-0.15, -0.1) is 0 Å². The van der Waals surface area contributed by atoms with Gasteiger partial charge in [-0.25, -0.2) is 15.0 Å². The molecular weight excluding hydrogens is 366 g/mol. The second-order valence-corrected chi connectivity index (χ2v) is 6.62. The number of nitrogens with two attached hydrogens (primary N) is 1. The molecule has 7 nitrogen and oxygen atoms in total. The summed E-state index contributed by atoms with van der Waals surface area (Å²) in [5.41, 5.74) is 8.76. The predicted octanol–water partition coefficient (Wildman–Crippen LogP) is 3.31. The Kier molecular flexibility index (Phi) is 6.29. The van der Waals surface area contributed by atoms with E-state index in [-0.39, 0.29) is 11.7 Å². The summed E-state index contributed by atoms with van der Waals surface area (Å²) in [7, 11) is 1.70. The molecule has 0 atom stereocenters. The van der Waals surface area contributed by atoms with Crippen molar-refractivity contribution in [3.8, 4) is 11.4 Å². The van der Waals surface area contributed by atoms with Gasteiger partial charge < -0.3 is 10.6 Å². The van der Waals surface area contributed by atoms with Gasteiger partial charge in [0.15, 0.2) is 11.6 Å². The van der Waals surface area contributed by atoms with Gasteiger partial charge in [0, 0.05) is 37.2 Å². The minimum atomic E-state index is -0.00254. The second-order valence-electron chi connectivity index (χ2n) is 6.62. The zero-order chi connectivity index (χ0) is 20.8. The van der Waals surface area contributed by atoms with Crippen molar-refractivity contribution in [2.75, 3.05) is 17.7 Å². The summed E-state index contributed by atoms with van der Waals surface area (Å²) in [6.07, 6.45) is 6.20. The Morgan fingerprint density at radius 1 is 1.03 bits per heavy atom. The van der Waals surface area contributed by atoms with Crippen molar-refractivity contribution in [2.24, 2.45) is 0 Å². The Labute approximate surface area is 169 Å². The monoisotopic (exact) mass is 389 g/mol. The summed E-state index contributed by atoms with van der Waals surface area (Å²) in [5.74, 6) is 1.03. The number of benzene rings is 1. The maximum Gasteiger partial charge on any atom is 0.226 e. The van der Waals surface area contributed by atoms with Gasteiger partial charge in [-0.05, 0) is 18.1 Å². The van der Waals surface area contributed by atoms with E-state index in [0.717, 1.165) is 11.1 Å². The third-order valence-corrected chi connectivity index (χ3v) is 4.71. The zero-order valence-electron chi connectivity index (χ0n) is 16.5. The first-order valence-electron chi connectivity index (χ1n) is 9.41. The molecular formula is C22H23N5O2. The first kappa shape index (κ1) is 20.1. The topological polar surface area (TPSA) is 102 Å². The molecule has 148 valence electrons. The predicted molar refractivity (Wildman–Crippen MR) is 112 cm³/mol. The normalized spacial score (nSPS) is 10.6. The molecule has 0 unspecified atom stereocenters. The minimum Gasteiger partial charge on any atom is -0.383 e. The molecule has 0 aliphatic carbocycles. The summed E-state index contributed by atoms with van der Waals surface area (Å²) in [6, 6.07) is 10.9. The fraction of sp³-hybridized carbons (Fsp3) is 0.227. The minimum absolute atomic E-state index is 0.00254. The Morgan fingerprint density at radius 3 is 2.34 bits per heavy atom. The van der Waals surface area contributed by atoms with Crippen molar-refractivity contribution in [3.05, 3.63) is 66.1 Å². The number of carbonyl (C=O) groups excluding carboxylic acids is 2. The molecule has 0 fully saturated rings. The van der Waals surface area contributed by atoms with Crippen LogP contribution in [0.15, 0.2) is 55.0 Å². The molecule has 3 rings (SSSR count). The molecule has 7 heteroatoms. The number of nitrogen functional groups attached to an aromatic ring is 1. The average Bonchev–Trinajstić information content (AvgIpc) is 2.77. The lowest BCUT2D eigenvalue weighted by molar-refractivity contribution is -0.118. The molecule has 3 aromatic rings. The van der Waals surface area contributed by atoms with Crippen LogP contribution in [0.2, 0.25) is 0 Å². The lowest BCUT2D eigenvalue weighted by Gasteiger charge is -2.15. The molecule has 1 aromatic carbocycles. The van der Waals surface area contributed by atoms with Gasteiger partial charge in [-0.3, -0.25) is 9.59 Å². The summed E-state index contributed by atoms with van der Waals surface area (Å²) >= 11 is 0. The van der Waals surface area contributed by atoms with E-state index in [1.54, 1.807) is 37.8 Å². The number of hydrogen-bond acceptors (Lipinski definition) is 6. The van der Waals surface area contributed by atoms with Gasteiger partial charge in [-0.1, -0.05) is 37.3 Å². The fourth-order valence-corrected chi connectivity index (χ4v) is 2.88. The van der Waals surface area contributed by atoms with Crippen molar-refractivity contribution in [3.63, 3.8) is 0 Å². The Morgan fingerprint density at radius 2 is 1.72 bits per heavy atom. The van der Waals surface area contributed by atoms with Gasteiger partial charge in [0.2, 0.25) is 5.91 Å². The van der Waals surface area contributed by atoms with E-state index in [0.29, 0.717) is 42.2 Å². The zero-order valence-corrected chi connectivity index (χ0v) is 16.5. The van der Waals surface area contributed by atoms with Crippen LogP contribution >= 0.6 is 0 Å². The number of anilines is 2.